The van der Waals surface area contributed by atoms with Crippen molar-refractivity contribution in [2.24, 2.45) is 0 Å². The number of sulfone groups is 1. The molecule has 0 saturated carbocycles. The van der Waals surface area contributed by atoms with Gasteiger partial charge in [-0.3, -0.25) is 0 Å². The fourth-order valence-electron chi connectivity index (χ4n) is 6.67. The molecule has 2 aromatic rings. The zero-order valence-corrected chi connectivity index (χ0v) is 23.6. The molecule has 2 saturated heterocycles. The van der Waals surface area contributed by atoms with Gasteiger partial charge in [-0.1, -0.05) is 35.9 Å². The van der Waals surface area contributed by atoms with Crippen molar-refractivity contribution in [3.63, 3.8) is 0 Å². The fraction of sp³-hybridized carbons (Fsp3) is 0.536. The average Bonchev–Trinajstić information content (AvgIpc) is 3.32. The van der Waals surface area contributed by atoms with Crippen LogP contribution in [0.25, 0.3) is 0 Å². The molecule has 2 heterocycles. The Morgan fingerprint density at radius 1 is 0.976 bits per heavy atom. The minimum atomic E-state index is -6.31. The molecule has 3 aliphatic rings. The van der Waals surface area contributed by atoms with E-state index in [0.29, 0.717) is 31.8 Å². The number of hydrogen-bond acceptors (Lipinski definition) is 4. The number of carbonyl (C=O) groups is 1. The molecule has 2 aromatic carbocycles. The van der Waals surface area contributed by atoms with Gasteiger partial charge >= 0.3 is 24.1 Å². The zero-order valence-electron chi connectivity index (χ0n) is 22.8. The van der Waals surface area contributed by atoms with Crippen LogP contribution in [0.5, 0.6) is 0 Å². The minimum Gasteiger partial charge on any atom is -0.322 e. The summed E-state index contributed by atoms with van der Waals surface area (Å²) in [4.78, 5) is 16.7. The molecule has 1 N–H and O–H groups in total. The Morgan fingerprint density at radius 2 is 1.62 bits per heavy atom. The SMILES string of the molecule is Cc1ccc(S(=O)(=O)[C@@]23CCN(C(=O)N4CCN[C@@H](C)C4)[C@@H]2CCc2cc(C(F)(C(F)(F)F)C(F)(F)F)ccc23)cc1. The molecule has 0 aromatic heterocycles. The summed E-state index contributed by atoms with van der Waals surface area (Å²) in [5.74, 6) is 0. The second-order valence-corrected chi connectivity index (χ2v) is 13.5. The molecule has 2 amide bonds. The standard InChI is InChI=1S/C28H30F7N3O3S/c1-17-3-7-21(8-4-17)42(40,41)25-11-13-38(24(39)37-14-12-36-18(2)16-37)23(25)10-5-19-15-20(6-9-22(19)25)26(29,27(30,31)32)28(33,34)35/h3-4,6-9,15,18,23,36H,5,10-14,16H2,1-2H3/t18-,23+,25+/m0/s1. The number of urea groups is 1. The van der Waals surface area contributed by atoms with Crippen LogP contribution in [0.2, 0.25) is 0 Å². The molecule has 5 rings (SSSR count). The maximum Gasteiger partial charge on any atom is 0.435 e. The first-order valence-electron chi connectivity index (χ1n) is 13.5. The van der Waals surface area contributed by atoms with Crippen LogP contribution in [-0.4, -0.2) is 74.9 Å². The van der Waals surface area contributed by atoms with E-state index in [9.17, 15) is 43.9 Å². The van der Waals surface area contributed by atoms with E-state index in [2.05, 4.69) is 5.32 Å². The van der Waals surface area contributed by atoms with E-state index in [0.717, 1.165) is 11.6 Å². The van der Waals surface area contributed by atoms with E-state index >= 15 is 0 Å². The summed E-state index contributed by atoms with van der Waals surface area (Å²) in [6.45, 7) is 4.96. The highest BCUT2D eigenvalue weighted by molar-refractivity contribution is 7.92. The van der Waals surface area contributed by atoms with Gasteiger partial charge in [0.2, 0.25) is 0 Å². The van der Waals surface area contributed by atoms with Crippen molar-refractivity contribution in [1.29, 1.82) is 0 Å². The molecular formula is C28H30F7N3O3S. The van der Waals surface area contributed by atoms with E-state index in [1.54, 1.807) is 24.0 Å². The molecule has 230 valence electrons. The van der Waals surface area contributed by atoms with Crippen LogP contribution < -0.4 is 5.32 Å². The molecule has 42 heavy (non-hydrogen) atoms. The molecule has 1 aliphatic carbocycles. The molecular weight excluding hydrogens is 591 g/mol. The van der Waals surface area contributed by atoms with Crippen LogP contribution in [0.3, 0.4) is 0 Å². The maximum absolute atomic E-state index is 15.0. The second kappa shape index (κ2) is 10.1. The van der Waals surface area contributed by atoms with E-state index < -0.39 is 44.2 Å². The van der Waals surface area contributed by atoms with Gasteiger partial charge in [0.15, 0.2) is 9.84 Å². The highest BCUT2D eigenvalue weighted by atomic mass is 32.2. The maximum atomic E-state index is 15.0. The Hall–Kier alpha value is -2.87. The van der Waals surface area contributed by atoms with E-state index in [1.807, 2.05) is 6.92 Å². The number of nitrogens with zero attached hydrogens (tertiary/aromatic N) is 2. The minimum absolute atomic E-state index is 0.0000802. The van der Waals surface area contributed by atoms with Gasteiger partial charge in [0, 0.05) is 37.8 Å². The van der Waals surface area contributed by atoms with Crippen LogP contribution in [-0.2, 0) is 26.7 Å². The summed E-state index contributed by atoms with van der Waals surface area (Å²) in [6.07, 6.45) is -12.9. The normalized spacial score (nSPS) is 25.3. The van der Waals surface area contributed by atoms with Gasteiger partial charge in [0.25, 0.3) is 0 Å². The smallest absolute Gasteiger partial charge is 0.322 e. The van der Waals surface area contributed by atoms with Crippen molar-refractivity contribution in [3.05, 3.63) is 64.7 Å². The average molecular weight is 622 g/mol. The molecule has 6 nitrogen and oxygen atoms in total. The third kappa shape index (κ3) is 4.47. The van der Waals surface area contributed by atoms with Crippen LogP contribution >= 0.6 is 0 Å². The number of nitrogens with one attached hydrogen (secondary N) is 1. The Labute approximate surface area is 238 Å². The zero-order chi connectivity index (χ0) is 30.9. The van der Waals surface area contributed by atoms with Crippen LogP contribution in [0.1, 0.15) is 42.0 Å². The number of aryl methyl sites for hydroxylation is 2. The molecule has 0 radical (unpaired) electrons. The van der Waals surface area contributed by atoms with E-state index in [-0.39, 0.29) is 53.9 Å². The Bertz CT molecular complexity index is 1460. The predicted molar refractivity (Wildman–Crippen MR) is 139 cm³/mol. The number of likely N-dealkylation sites (tertiary alicyclic amines) is 1. The van der Waals surface area contributed by atoms with Gasteiger partial charge in [-0.05, 0) is 56.4 Å². The molecule has 3 atom stereocenters. The molecule has 2 aliphatic heterocycles. The Kier molecular flexibility index (Phi) is 7.36. The van der Waals surface area contributed by atoms with Gasteiger partial charge in [0.1, 0.15) is 4.75 Å². The van der Waals surface area contributed by atoms with Crippen molar-refractivity contribution in [3.8, 4) is 0 Å². The van der Waals surface area contributed by atoms with Crippen LogP contribution in [0.15, 0.2) is 47.4 Å². The molecule has 14 heteroatoms. The summed E-state index contributed by atoms with van der Waals surface area (Å²) < 4.78 is 123. The lowest BCUT2D eigenvalue weighted by molar-refractivity contribution is -0.348. The highest BCUT2D eigenvalue weighted by Gasteiger charge is 2.74. The summed E-state index contributed by atoms with van der Waals surface area (Å²) >= 11 is 0. The monoisotopic (exact) mass is 621 g/mol. The van der Waals surface area contributed by atoms with Crippen molar-refractivity contribution in [1.82, 2.24) is 15.1 Å². The summed E-state index contributed by atoms with van der Waals surface area (Å²) in [7, 11) is -4.37. The molecule has 0 unspecified atom stereocenters. The number of fused-ring (bicyclic) bond motifs is 3. The lowest BCUT2D eigenvalue weighted by Crippen LogP contribution is -2.58. The van der Waals surface area contributed by atoms with Crippen LogP contribution in [0.4, 0.5) is 35.5 Å². The first-order valence-corrected chi connectivity index (χ1v) is 15.0. The first-order chi connectivity index (χ1) is 19.4. The highest BCUT2D eigenvalue weighted by Crippen LogP contribution is 2.56. The summed E-state index contributed by atoms with van der Waals surface area (Å²) in [5.41, 5.74) is -6.68. The first kappa shape index (κ1) is 30.6. The van der Waals surface area contributed by atoms with Gasteiger partial charge in [-0.25, -0.2) is 17.6 Å². The number of hydrogen-bond donors (Lipinski definition) is 1. The van der Waals surface area contributed by atoms with Gasteiger partial charge in [0.05, 0.1) is 10.9 Å². The van der Waals surface area contributed by atoms with Gasteiger partial charge < -0.3 is 15.1 Å². The van der Waals surface area contributed by atoms with Gasteiger partial charge in [-0.2, -0.15) is 26.3 Å². The lowest BCUT2D eigenvalue weighted by atomic mass is 9.77. The Balaban J connectivity index is 1.67. The molecule has 0 spiro atoms. The third-order valence-electron chi connectivity index (χ3n) is 8.76. The predicted octanol–water partition coefficient (Wildman–Crippen LogP) is 5.39. The molecule has 2 fully saturated rings. The van der Waals surface area contributed by atoms with Crippen molar-refractivity contribution >= 4 is 15.9 Å². The summed E-state index contributed by atoms with van der Waals surface area (Å²) in [6, 6.07) is 6.34. The third-order valence-corrected chi connectivity index (χ3v) is 11.3. The Morgan fingerprint density at radius 3 is 2.21 bits per heavy atom. The largest absolute Gasteiger partial charge is 0.435 e. The quantitative estimate of drug-likeness (QED) is 0.467. The topological polar surface area (TPSA) is 69.7 Å². The van der Waals surface area contributed by atoms with E-state index in [4.69, 9.17) is 0 Å². The van der Waals surface area contributed by atoms with Gasteiger partial charge in [-0.15, -0.1) is 0 Å². The number of piperazine rings is 1. The second-order valence-electron chi connectivity index (χ2n) is 11.3. The number of rotatable bonds is 3. The van der Waals surface area contributed by atoms with Crippen LogP contribution in [0, 0.1) is 6.92 Å². The number of halogens is 7. The molecule has 0 bridgehead atoms. The summed E-state index contributed by atoms with van der Waals surface area (Å²) in [5, 5.41) is 3.22. The van der Waals surface area contributed by atoms with Crippen molar-refractivity contribution in [2.75, 3.05) is 26.2 Å². The lowest BCUT2D eigenvalue weighted by Gasteiger charge is -2.44. The van der Waals surface area contributed by atoms with E-state index in [1.165, 1.54) is 17.0 Å². The number of carbonyl (C=O) groups excluding carboxylic acids is 1. The van der Waals surface area contributed by atoms with Crippen molar-refractivity contribution < 1.29 is 43.9 Å². The van der Waals surface area contributed by atoms with Crippen molar-refractivity contribution in [2.45, 2.75) is 72.9 Å². The number of amides is 2. The number of alkyl halides is 7. The number of benzene rings is 2. The fourth-order valence-corrected chi connectivity index (χ4v) is 9.04.